The highest BCUT2D eigenvalue weighted by Gasteiger charge is 2.51. The molecule has 0 aromatic heterocycles. The third kappa shape index (κ3) is 3.96. The average Bonchev–Trinajstić information content (AvgIpc) is 3.40. The number of likely N-dealkylation sites (tertiary alicyclic amines) is 1. The molecule has 28 heavy (non-hydrogen) atoms. The summed E-state index contributed by atoms with van der Waals surface area (Å²) in [6.45, 7) is 5.16. The molecule has 5 rings (SSSR count). The van der Waals surface area contributed by atoms with Crippen molar-refractivity contribution in [1.29, 1.82) is 0 Å². The second-order valence-electron chi connectivity index (χ2n) is 8.50. The van der Waals surface area contributed by atoms with E-state index in [1.807, 2.05) is 6.07 Å². The SMILES string of the molecule is C1CCN(C2COC2)CC1.[B]c1ccc2c(c1)C1(CC1)CN(CC(N)=O)C2=O.[HH]. The Morgan fingerprint density at radius 3 is 2.54 bits per heavy atom. The minimum Gasteiger partial charge on any atom is -0.378 e. The summed E-state index contributed by atoms with van der Waals surface area (Å²) in [4.78, 5) is 27.4. The number of nitrogens with zero attached hydrogens (tertiary/aromatic N) is 2. The van der Waals surface area contributed by atoms with E-state index >= 15 is 0 Å². The van der Waals surface area contributed by atoms with Crippen molar-refractivity contribution in [2.75, 3.05) is 39.4 Å². The van der Waals surface area contributed by atoms with Crippen LogP contribution in [-0.2, 0) is 14.9 Å². The lowest BCUT2D eigenvalue weighted by Crippen LogP contribution is -2.50. The molecule has 2 saturated heterocycles. The van der Waals surface area contributed by atoms with Crippen LogP contribution in [0.5, 0.6) is 0 Å². The molecule has 1 aromatic carbocycles. The Hall–Kier alpha value is -1.86. The molecule has 2 N–H and O–H groups in total. The molecular weight excluding hydrogens is 353 g/mol. The first kappa shape index (κ1) is 19.5. The number of amides is 2. The van der Waals surface area contributed by atoms with Crippen LogP contribution in [0, 0.1) is 0 Å². The summed E-state index contributed by atoms with van der Waals surface area (Å²) >= 11 is 0. The molecule has 0 bridgehead atoms. The lowest BCUT2D eigenvalue weighted by atomic mass is 9.82. The number of hydrogen-bond donors (Lipinski definition) is 1. The Morgan fingerprint density at radius 1 is 1.25 bits per heavy atom. The van der Waals surface area contributed by atoms with Gasteiger partial charge in [0.15, 0.2) is 0 Å². The van der Waals surface area contributed by atoms with Gasteiger partial charge in [0.05, 0.1) is 25.8 Å². The van der Waals surface area contributed by atoms with Gasteiger partial charge >= 0.3 is 0 Å². The first-order valence-electron chi connectivity index (χ1n) is 10.3. The molecular formula is C21H30BN3O3. The minimum atomic E-state index is -0.474. The Bertz CT molecular complexity index is 762. The van der Waals surface area contributed by atoms with E-state index < -0.39 is 5.91 Å². The fourth-order valence-corrected chi connectivity index (χ4v) is 4.49. The van der Waals surface area contributed by atoms with Gasteiger partial charge in [-0.15, -0.1) is 0 Å². The lowest BCUT2D eigenvalue weighted by molar-refractivity contribution is -0.118. The van der Waals surface area contributed by atoms with Gasteiger partial charge in [-0.3, -0.25) is 14.5 Å². The van der Waals surface area contributed by atoms with Gasteiger partial charge in [0.1, 0.15) is 7.85 Å². The highest BCUT2D eigenvalue weighted by atomic mass is 16.5. The quantitative estimate of drug-likeness (QED) is 0.775. The Labute approximate surface area is 169 Å². The van der Waals surface area contributed by atoms with E-state index in [-0.39, 0.29) is 19.3 Å². The smallest absolute Gasteiger partial charge is 0.254 e. The molecule has 4 aliphatic rings. The zero-order valence-electron chi connectivity index (χ0n) is 16.4. The molecule has 1 spiro atoms. The van der Waals surface area contributed by atoms with Crippen molar-refractivity contribution in [2.45, 2.75) is 43.6 Å². The number of carbonyl (C=O) groups is 2. The largest absolute Gasteiger partial charge is 0.378 e. The predicted octanol–water partition coefficient (Wildman–Crippen LogP) is 0.570. The van der Waals surface area contributed by atoms with Crippen LogP contribution in [-0.4, -0.2) is 74.9 Å². The average molecular weight is 383 g/mol. The minimum absolute atomic E-state index is 0. The maximum atomic E-state index is 12.3. The monoisotopic (exact) mass is 383 g/mol. The van der Waals surface area contributed by atoms with Crippen molar-refractivity contribution in [3.05, 3.63) is 29.3 Å². The number of nitrogens with two attached hydrogens (primary N) is 1. The van der Waals surface area contributed by atoms with Gasteiger partial charge in [0.2, 0.25) is 5.91 Å². The first-order valence-corrected chi connectivity index (χ1v) is 10.3. The normalized spacial score (nSPS) is 23.4. The van der Waals surface area contributed by atoms with E-state index in [1.54, 1.807) is 17.0 Å². The van der Waals surface area contributed by atoms with E-state index in [0.717, 1.165) is 37.7 Å². The molecule has 1 aliphatic carbocycles. The molecule has 2 amide bonds. The highest BCUT2D eigenvalue weighted by Crippen LogP contribution is 2.51. The van der Waals surface area contributed by atoms with Crippen molar-refractivity contribution in [2.24, 2.45) is 5.73 Å². The molecule has 1 saturated carbocycles. The summed E-state index contributed by atoms with van der Waals surface area (Å²) in [6, 6.07) is 6.14. The van der Waals surface area contributed by atoms with Crippen molar-refractivity contribution < 1.29 is 15.8 Å². The van der Waals surface area contributed by atoms with Gasteiger partial charge in [-0.1, -0.05) is 24.0 Å². The molecule has 7 heteroatoms. The van der Waals surface area contributed by atoms with E-state index in [0.29, 0.717) is 17.6 Å². The van der Waals surface area contributed by atoms with E-state index in [1.165, 1.54) is 32.4 Å². The molecule has 3 aliphatic heterocycles. The van der Waals surface area contributed by atoms with E-state index in [9.17, 15) is 9.59 Å². The highest BCUT2D eigenvalue weighted by molar-refractivity contribution is 6.32. The molecule has 0 unspecified atom stereocenters. The molecule has 0 atom stereocenters. The number of hydrogen-bond acceptors (Lipinski definition) is 4. The van der Waals surface area contributed by atoms with Crippen LogP contribution >= 0.6 is 0 Å². The van der Waals surface area contributed by atoms with Crippen LogP contribution < -0.4 is 11.2 Å². The van der Waals surface area contributed by atoms with Crippen molar-refractivity contribution >= 4 is 25.1 Å². The predicted molar refractivity (Wildman–Crippen MR) is 110 cm³/mol. The number of primary amides is 1. The number of rotatable bonds is 3. The van der Waals surface area contributed by atoms with Crippen LogP contribution in [0.4, 0.5) is 0 Å². The third-order valence-corrected chi connectivity index (χ3v) is 6.35. The summed E-state index contributed by atoms with van der Waals surface area (Å²) in [5.41, 5.74) is 7.57. The topological polar surface area (TPSA) is 75.9 Å². The number of benzene rings is 1. The summed E-state index contributed by atoms with van der Waals surface area (Å²) in [5.74, 6) is -0.598. The maximum Gasteiger partial charge on any atom is 0.254 e. The fraction of sp³-hybridized carbons (Fsp3) is 0.619. The Morgan fingerprint density at radius 2 is 1.96 bits per heavy atom. The van der Waals surface area contributed by atoms with Gasteiger partial charge < -0.3 is 15.4 Å². The van der Waals surface area contributed by atoms with Crippen LogP contribution in [0.15, 0.2) is 18.2 Å². The van der Waals surface area contributed by atoms with Crippen molar-refractivity contribution in [3.8, 4) is 0 Å². The van der Waals surface area contributed by atoms with Crippen molar-refractivity contribution in [1.82, 2.24) is 9.80 Å². The summed E-state index contributed by atoms with van der Waals surface area (Å²) in [7, 11) is 5.79. The number of piperidine rings is 1. The summed E-state index contributed by atoms with van der Waals surface area (Å²) in [5, 5.41) is 0. The zero-order valence-corrected chi connectivity index (χ0v) is 16.4. The van der Waals surface area contributed by atoms with Crippen LogP contribution in [0.1, 0.15) is 49.5 Å². The second-order valence-corrected chi connectivity index (χ2v) is 8.50. The van der Waals surface area contributed by atoms with E-state index in [4.69, 9.17) is 18.3 Å². The van der Waals surface area contributed by atoms with Gasteiger partial charge in [-0.05, 0) is 50.4 Å². The summed E-state index contributed by atoms with van der Waals surface area (Å²) < 4.78 is 5.15. The summed E-state index contributed by atoms with van der Waals surface area (Å²) in [6.07, 6.45) is 6.30. The lowest BCUT2D eigenvalue weighted by Gasteiger charge is -2.39. The molecule has 2 radical (unpaired) electrons. The molecule has 6 nitrogen and oxygen atoms in total. The van der Waals surface area contributed by atoms with Gasteiger partial charge in [0.25, 0.3) is 5.91 Å². The number of ether oxygens (including phenoxy) is 1. The molecule has 3 fully saturated rings. The standard InChI is InChI=1S/C13H13BN2O2.C8H15NO.H2/c14-8-1-2-9-10(5-8)13(3-4-13)7-16(12(9)18)6-11(15)17;1-2-4-9(5-3-1)8-6-10-7-8;/h1-2,5H,3-4,6-7H2,(H2,15,17);8H,1-7H2;1H. The Kier molecular flexibility index (Phi) is 5.47. The Balaban J connectivity index is 0.000000186. The first-order chi connectivity index (χ1) is 13.5. The van der Waals surface area contributed by atoms with Crippen LogP contribution in [0.2, 0.25) is 0 Å². The van der Waals surface area contributed by atoms with E-state index in [2.05, 4.69) is 4.90 Å². The number of carbonyl (C=O) groups excluding carboxylic acids is 2. The second kappa shape index (κ2) is 7.87. The molecule has 1 aromatic rings. The fourth-order valence-electron chi connectivity index (χ4n) is 4.49. The van der Waals surface area contributed by atoms with Crippen LogP contribution in [0.25, 0.3) is 0 Å². The van der Waals surface area contributed by atoms with Crippen molar-refractivity contribution in [3.63, 3.8) is 0 Å². The zero-order chi connectivity index (χ0) is 19.7. The molecule has 150 valence electrons. The molecule has 3 heterocycles. The van der Waals surface area contributed by atoms with Gasteiger partial charge in [-0.25, -0.2) is 0 Å². The van der Waals surface area contributed by atoms with Crippen LogP contribution in [0.3, 0.4) is 0 Å². The van der Waals surface area contributed by atoms with Gasteiger partial charge in [0, 0.05) is 18.9 Å². The third-order valence-electron chi connectivity index (χ3n) is 6.35. The number of fused-ring (bicyclic) bond motifs is 2. The van der Waals surface area contributed by atoms with Gasteiger partial charge in [-0.2, -0.15) is 0 Å². The maximum absolute atomic E-state index is 12.3.